The molecule has 0 aliphatic carbocycles. The van der Waals surface area contributed by atoms with Gasteiger partial charge in [0.1, 0.15) is 0 Å². The van der Waals surface area contributed by atoms with E-state index in [-0.39, 0.29) is 6.04 Å². The minimum absolute atomic E-state index is 0.0189. The molecule has 0 bridgehead atoms. The highest BCUT2D eigenvalue weighted by molar-refractivity contribution is 5.79. The lowest BCUT2D eigenvalue weighted by molar-refractivity contribution is -0.144. The van der Waals surface area contributed by atoms with Crippen LogP contribution in [0, 0.1) is 0 Å². The SMILES string of the molecule is CCCN1CCC(N(C)C(=O)C(F)F)CC1. The van der Waals surface area contributed by atoms with Crippen LogP contribution in [0.4, 0.5) is 8.78 Å². The summed E-state index contributed by atoms with van der Waals surface area (Å²) >= 11 is 0. The third-order valence-electron chi connectivity index (χ3n) is 3.18. The van der Waals surface area contributed by atoms with Crippen molar-refractivity contribution in [1.82, 2.24) is 9.80 Å². The summed E-state index contributed by atoms with van der Waals surface area (Å²) in [5.41, 5.74) is 0. The van der Waals surface area contributed by atoms with E-state index in [0.717, 1.165) is 38.9 Å². The molecule has 0 unspecified atom stereocenters. The van der Waals surface area contributed by atoms with Crippen LogP contribution in [0.3, 0.4) is 0 Å². The third kappa shape index (κ3) is 3.40. The molecule has 0 aromatic carbocycles. The fourth-order valence-corrected chi connectivity index (χ4v) is 2.18. The first kappa shape index (κ1) is 13.4. The fourth-order valence-electron chi connectivity index (χ4n) is 2.18. The Morgan fingerprint density at radius 3 is 2.44 bits per heavy atom. The van der Waals surface area contributed by atoms with Crippen LogP contribution < -0.4 is 0 Å². The van der Waals surface area contributed by atoms with Crippen molar-refractivity contribution in [3.63, 3.8) is 0 Å². The molecule has 0 radical (unpaired) electrons. The smallest absolute Gasteiger partial charge is 0.315 e. The molecular formula is C11H20F2N2O. The molecule has 1 aliphatic rings. The zero-order valence-corrected chi connectivity index (χ0v) is 9.96. The number of carbonyl (C=O) groups excluding carboxylic acids is 1. The number of piperidine rings is 1. The number of rotatable bonds is 4. The normalized spacial score (nSPS) is 19.1. The summed E-state index contributed by atoms with van der Waals surface area (Å²) in [6, 6.07) is -0.0189. The second-order valence-electron chi connectivity index (χ2n) is 4.32. The average molecular weight is 234 g/mol. The predicted molar refractivity (Wildman–Crippen MR) is 58.5 cm³/mol. The van der Waals surface area contributed by atoms with Gasteiger partial charge in [0.15, 0.2) is 0 Å². The van der Waals surface area contributed by atoms with Gasteiger partial charge in [0.25, 0.3) is 5.91 Å². The van der Waals surface area contributed by atoms with Crippen LogP contribution in [-0.4, -0.2) is 54.9 Å². The lowest BCUT2D eigenvalue weighted by atomic mass is 10.0. The summed E-state index contributed by atoms with van der Waals surface area (Å²) < 4.78 is 24.5. The number of likely N-dealkylation sites (tertiary alicyclic amines) is 1. The molecule has 1 amide bonds. The Labute approximate surface area is 95.4 Å². The van der Waals surface area contributed by atoms with E-state index in [1.165, 1.54) is 11.9 Å². The highest BCUT2D eigenvalue weighted by Crippen LogP contribution is 2.17. The summed E-state index contributed by atoms with van der Waals surface area (Å²) in [5.74, 6) is -1.05. The standard InChI is InChI=1S/C11H20F2N2O/c1-3-6-15-7-4-9(5-8-15)14(2)11(16)10(12)13/h9-10H,3-8H2,1-2H3. The highest BCUT2D eigenvalue weighted by Gasteiger charge is 2.28. The Morgan fingerprint density at radius 2 is 2.00 bits per heavy atom. The monoisotopic (exact) mass is 234 g/mol. The van der Waals surface area contributed by atoms with Crippen LogP contribution in [0.1, 0.15) is 26.2 Å². The van der Waals surface area contributed by atoms with Gasteiger partial charge in [-0.1, -0.05) is 6.92 Å². The van der Waals surface area contributed by atoms with Gasteiger partial charge in [-0.2, -0.15) is 8.78 Å². The molecule has 16 heavy (non-hydrogen) atoms. The van der Waals surface area contributed by atoms with Crippen molar-refractivity contribution in [3.05, 3.63) is 0 Å². The quantitative estimate of drug-likeness (QED) is 0.737. The van der Waals surface area contributed by atoms with Crippen molar-refractivity contribution < 1.29 is 13.6 Å². The molecule has 1 rings (SSSR count). The van der Waals surface area contributed by atoms with Crippen LogP contribution in [0.5, 0.6) is 0 Å². The van der Waals surface area contributed by atoms with Crippen LogP contribution in [-0.2, 0) is 4.79 Å². The summed E-state index contributed by atoms with van der Waals surface area (Å²) in [6.07, 6.45) is -0.168. The molecule has 0 spiro atoms. The molecule has 1 heterocycles. The number of carbonyl (C=O) groups is 1. The third-order valence-corrected chi connectivity index (χ3v) is 3.18. The van der Waals surface area contributed by atoms with E-state index in [0.29, 0.717) is 0 Å². The van der Waals surface area contributed by atoms with Gasteiger partial charge in [0.05, 0.1) is 0 Å². The van der Waals surface area contributed by atoms with Crippen molar-refractivity contribution in [1.29, 1.82) is 0 Å². The van der Waals surface area contributed by atoms with Gasteiger partial charge in [-0.3, -0.25) is 4.79 Å². The number of hydrogen-bond acceptors (Lipinski definition) is 2. The van der Waals surface area contributed by atoms with Gasteiger partial charge >= 0.3 is 6.43 Å². The van der Waals surface area contributed by atoms with Gasteiger partial charge < -0.3 is 9.80 Å². The first-order valence-corrected chi connectivity index (χ1v) is 5.83. The van der Waals surface area contributed by atoms with E-state index >= 15 is 0 Å². The van der Waals surface area contributed by atoms with Gasteiger partial charge in [0, 0.05) is 26.2 Å². The van der Waals surface area contributed by atoms with E-state index in [2.05, 4.69) is 11.8 Å². The second kappa shape index (κ2) is 6.13. The number of alkyl halides is 2. The lowest BCUT2D eigenvalue weighted by Crippen LogP contribution is -2.47. The average Bonchev–Trinajstić information content (AvgIpc) is 2.28. The molecule has 0 saturated carbocycles. The molecule has 94 valence electrons. The summed E-state index contributed by atoms with van der Waals surface area (Å²) in [5, 5.41) is 0. The fraction of sp³-hybridized carbons (Fsp3) is 0.909. The van der Waals surface area contributed by atoms with E-state index in [1.54, 1.807) is 0 Å². The van der Waals surface area contributed by atoms with Crippen molar-refractivity contribution in [2.75, 3.05) is 26.7 Å². The molecule has 0 aromatic rings. The number of halogens is 2. The number of hydrogen-bond donors (Lipinski definition) is 0. The molecule has 5 heteroatoms. The maximum Gasteiger partial charge on any atom is 0.315 e. The minimum atomic E-state index is -2.88. The van der Waals surface area contributed by atoms with Crippen molar-refractivity contribution in [3.8, 4) is 0 Å². The molecule has 1 saturated heterocycles. The first-order chi connectivity index (χ1) is 7.56. The summed E-state index contributed by atoms with van der Waals surface area (Å²) in [6.45, 7) is 4.98. The Bertz CT molecular complexity index is 228. The molecule has 3 nitrogen and oxygen atoms in total. The van der Waals surface area contributed by atoms with Crippen LogP contribution >= 0.6 is 0 Å². The molecule has 0 N–H and O–H groups in total. The largest absolute Gasteiger partial charge is 0.338 e. The zero-order valence-electron chi connectivity index (χ0n) is 9.96. The molecule has 0 atom stereocenters. The number of nitrogens with zero attached hydrogens (tertiary/aromatic N) is 2. The van der Waals surface area contributed by atoms with Gasteiger partial charge in [-0.25, -0.2) is 0 Å². The Hall–Kier alpha value is -0.710. The first-order valence-electron chi connectivity index (χ1n) is 5.83. The van der Waals surface area contributed by atoms with Crippen LogP contribution in [0.2, 0.25) is 0 Å². The van der Waals surface area contributed by atoms with E-state index in [1.807, 2.05) is 0 Å². The maximum absolute atomic E-state index is 12.2. The topological polar surface area (TPSA) is 23.6 Å². The van der Waals surface area contributed by atoms with E-state index in [9.17, 15) is 13.6 Å². The Balaban J connectivity index is 2.38. The van der Waals surface area contributed by atoms with Crippen molar-refractivity contribution >= 4 is 5.91 Å². The Kier molecular flexibility index (Phi) is 5.12. The number of amides is 1. The summed E-state index contributed by atoms with van der Waals surface area (Å²) in [4.78, 5) is 14.6. The maximum atomic E-state index is 12.2. The van der Waals surface area contributed by atoms with Crippen LogP contribution in [0.15, 0.2) is 0 Å². The van der Waals surface area contributed by atoms with Gasteiger partial charge in [0.2, 0.25) is 0 Å². The zero-order chi connectivity index (χ0) is 12.1. The Morgan fingerprint density at radius 1 is 1.44 bits per heavy atom. The highest BCUT2D eigenvalue weighted by atomic mass is 19.3. The van der Waals surface area contributed by atoms with E-state index in [4.69, 9.17) is 0 Å². The molecular weight excluding hydrogens is 214 g/mol. The predicted octanol–water partition coefficient (Wildman–Crippen LogP) is 1.58. The van der Waals surface area contributed by atoms with E-state index < -0.39 is 12.3 Å². The molecule has 1 aliphatic heterocycles. The van der Waals surface area contributed by atoms with Gasteiger partial charge in [-0.05, 0) is 25.8 Å². The summed E-state index contributed by atoms with van der Waals surface area (Å²) in [7, 11) is 1.48. The molecule has 1 fully saturated rings. The van der Waals surface area contributed by atoms with Crippen molar-refractivity contribution in [2.24, 2.45) is 0 Å². The molecule has 0 aromatic heterocycles. The van der Waals surface area contributed by atoms with Crippen molar-refractivity contribution in [2.45, 2.75) is 38.7 Å². The van der Waals surface area contributed by atoms with Gasteiger partial charge in [-0.15, -0.1) is 0 Å². The lowest BCUT2D eigenvalue weighted by Gasteiger charge is -2.36. The van der Waals surface area contributed by atoms with Crippen LogP contribution in [0.25, 0.3) is 0 Å². The minimum Gasteiger partial charge on any atom is -0.338 e. The second-order valence-corrected chi connectivity index (χ2v) is 4.32.